The summed E-state index contributed by atoms with van der Waals surface area (Å²) in [5.74, 6) is 0.382. The van der Waals surface area contributed by atoms with Crippen LogP contribution in [0.1, 0.15) is 19.8 Å². The topological polar surface area (TPSA) is 119 Å². The molecule has 1 saturated heterocycles. The van der Waals surface area contributed by atoms with Crippen LogP contribution in [0, 0.1) is 5.41 Å². The number of nitrogens with zero attached hydrogens (tertiary/aromatic N) is 5. The van der Waals surface area contributed by atoms with E-state index in [9.17, 15) is 9.59 Å². The summed E-state index contributed by atoms with van der Waals surface area (Å²) in [4.78, 5) is 38.0. The van der Waals surface area contributed by atoms with Crippen molar-refractivity contribution in [2.75, 3.05) is 25.9 Å². The van der Waals surface area contributed by atoms with Crippen LogP contribution < -0.4 is 11.1 Å². The van der Waals surface area contributed by atoms with Gasteiger partial charge in [-0.15, -0.1) is 0 Å². The Bertz CT molecular complexity index is 787. The first-order chi connectivity index (χ1) is 11.4. The van der Waals surface area contributed by atoms with E-state index < -0.39 is 5.41 Å². The van der Waals surface area contributed by atoms with Crippen molar-refractivity contribution in [3.8, 4) is 0 Å². The molecule has 1 atom stereocenters. The highest BCUT2D eigenvalue weighted by molar-refractivity contribution is 5.86. The van der Waals surface area contributed by atoms with Crippen molar-refractivity contribution in [1.29, 1.82) is 0 Å². The van der Waals surface area contributed by atoms with E-state index in [2.05, 4.69) is 20.3 Å². The molecule has 0 bridgehead atoms. The minimum absolute atomic E-state index is 0.0413. The predicted molar refractivity (Wildman–Crippen MR) is 87.7 cm³/mol. The molecule has 1 fully saturated rings. The van der Waals surface area contributed by atoms with Gasteiger partial charge in [0.15, 0.2) is 11.5 Å². The molecule has 9 nitrogen and oxygen atoms in total. The summed E-state index contributed by atoms with van der Waals surface area (Å²) in [6.07, 6.45) is 4.00. The Morgan fingerprint density at radius 1 is 1.42 bits per heavy atom. The number of rotatable bonds is 4. The highest BCUT2D eigenvalue weighted by atomic mass is 16.2. The van der Waals surface area contributed by atoms with Gasteiger partial charge >= 0.3 is 0 Å². The third-order valence-electron chi connectivity index (χ3n) is 4.52. The van der Waals surface area contributed by atoms with E-state index in [0.29, 0.717) is 49.5 Å². The molecule has 9 heteroatoms. The number of aromatic nitrogens is 4. The molecule has 0 spiro atoms. The summed E-state index contributed by atoms with van der Waals surface area (Å²) in [5.41, 5.74) is 6.41. The maximum absolute atomic E-state index is 12.5. The Balaban J connectivity index is 1.60. The van der Waals surface area contributed by atoms with Gasteiger partial charge in [-0.2, -0.15) is 0 Å². The monoisotopic (exact) mass is 331 g/mol. The third-order valence-corrected chi connectivity index (χ3v) is 4.52. The standard InChI is InChI=1S/C15H21N7O2/c1-15(4-3-10(23)21(2)7-15)14(24)17-5-6-22-9-20-11-12(16)18-8-19-13(11)22/h8-9H,3-7H2,1-2H3,(H,17,24)(H2,16,18,19). The van der Waals surface area contributed by atoms with Crippen LogP contribution in [0.4, 0.5) is 5.82 Å². The van der Waals surface area contributed by atoms with E-state index in [-0.39, 0.29) is 11.8 Å². The largest absolute Gasteiger partial charge is 0.382 e. The molecule has 2 aromatic heterocycles. The highest BCUT2D eigenvalue weighted by Crippen LogP contribution is 2.29. The van der Waals surface area contributed by atoms with E-state index in [1.807, 2.05) is 11.5 Å². The Kier molecular flexibility index (Phi) is 4.08. The second-order valence-corrected chi connectivity index (χ2v) is 6.44. The van der Waals surface area contributed by atoms with Gasteiger partial charge in [-0.1, -0.05) is 0 Å². The summed E-state index contributed by atoms with van der Waals surface area (Å²) >= 11 is 0. The molecule has 3 rings (SSSR count). The molecule has 2 amide bonds. The van der Waals surface area contributed by atoms with Crippen molar-refractivity contribution in [3.05, 3.63) is 12.7 Å². The molecule has 2 aromatic rings. The summed E-state index contributed by atoms with van der Waals surface area (Å²) in [6, 6.07) is 0. The summed E-state index contributed by atoms with van der Waals surface area (Å²) in [5, 5.41) is 2.95. The number of imidazole rings is 1. The summed E-state index contributed by atoms with van der Waals surface area (Å²) in [7, 11) is 1.73. The first kappa shape index (κ1) is 16.2. The van der Waals surface area contributed by atoms with Gasteiger partial charge in [0.05, 0.1) is 11.7 Å². The fourth-order valence-corrected chi connectivity index (χ4v) is 3.02. The fourth-order valence-electron chi connectivity index (χ4n) is 3.02. The number of nitrogen functional groups attached to an aromatic ring is 1. The molecule has 3 N–H and O–H groups in total. The average Bonchev–Trinajstić information content (AvgIpc) is 2.96. The number of anilines is 1. The average molecular weight is 331 g/mol. The maximum atomic E-state index is 12.5. The number of carbonyl (C=O) groups is 2. The third kappa shape index (κ3) is 2.89. The molecule has 0 saturated carbocycles. The smallest absolute Gasteiger partial charge is 0.227 e. The van der Waals surface area contributed by atoms with E-state index in [0.717, 1.165) is 0 Å². The number of nitrogens with one attached hydrogen (secondary N) is 1. The molecule has 1 unspecified atom stereocenters. The van der Waals surface area contributed by atoms with Crippen LogP contribution in [0.3, 0.4) is 0 Å². The Morgan fingerprint density at radius 2 is 2.21 bits per heavy atom. The van der Waals surface area contributed by atoms with Crippen LogP contribution in [0.5, 0.6) is 0 Å². The molecule has 1 aliphatic heterocycles. The number of likely N-dealkylation sites (tertiary alicyclic amines) is 1. The fraction of sp³-hybridized carbons (Fsp3) is 0.533. The summed E-state index contributed by atoms with van der Waals surface area (Å²) < 4.78 is 1.83. The zero-order valence-corrected chi connectivity index (χ0v) is 13.8. The molecule has 24 heavy (non-hydrogen) atoms. The second kappa shape index (κ2) is 6.06. The molecule has 128 valence electrons. The Morgan fingerprint density at radius 3 is 2.96 bits per heavy atom. The van der Waals surface area contributed by atoms with Crippen LogP contribution in [-0.2, 0) is 16.1 Å². The zero-order chi connectivity index (χ0) is 17.3. The lowest BCUT2D eigenvalue weighted by Gasteiger charge is -2.37. The van der Waals surface area contributed by atoms with Crippen molar-refractivity contribution < 1.29 is 9.59 Å². The first-order valence-electron chi connectivity index (χ1n) is 7.84. The van der Waals surface area contributed by atoms with Crippen LogP contribution >= 0.6 is 0 Å². The van der Waals surface area contributed by atoms with Crippen LogP contribution in [-0.4, -0.2) is 56.4 Å². The Labute approximate surface area is 139 Å². The molecule has 0 aliphatic carbocycles. The lowest BCUT2D eigenvalue weighted by molar-refractivity contribution is -0.142. The van der Waals surface area contributed by atoms with Crippen LogP contribution in [0.25, 0.3) is 11.2 Å². The van der Waals surface area contributed by atoms with Crippen molar-refractivity contribution in [2.45, 2.75) is 26.3 Å². The first-order valence-corrected chi connectivity index (χ1v) is 7.84. The maximum Gasteiger partial charge on any atom is 0.227 e. The van der Waals surface area contributed by atoms with Gasteiger partial charge in [0.1, 0.15) is 11.8 Å². The normalized spacial score (nSPS) is 21.2. The lowest BCUT2D eigenvalue weighted by Crippen LogP contribution is -2.51. The van der Waals surface area contributed by atoms with Gasteiger partial charge in [-0.3, -0.25) is 9.59 Å². The van der Waals surface area contributed by atoms with Gasteiger partial charge in [0, 0.05) is 33.1 Å². The number of carbonyl (C=O) groups excluding carboxylic acids is 2. The zero-order valence-electron chi connectivity index (χ0n) is 13.8. The van der Waals surface area contributed by atoms with Gasteiger partial charge in [-0.25, -0.2) is 15.0 Å². The van der Waals surface area contributed by atoms with Crippen LogP contribution in [0.2, 0.25) is 0 Å². The van der Waals surface area contributed by atoms with Gasteiger partial charge in [0.25, 0.3) is 0 Å². The predicted octanol–water partition coefficient (Wildman–Crippen LogP) is -0.217. The number of fused-ring (bicyclic) bond motifs is 1. The van der Waals surface area contributed by atoms with Crippen molar-refractivity contribution in [3.63, 3.8) is 0 Å². The molecular weight excluding hydrogens is 310 g/mol. The van der Waals surface area contributed by atoms with Crippen LogP contribution in [0.15, 0.2) is 12.7 Å². The SMILES string of the molecule is CN1CC(C)(C(=O)NCCn2cnc3c(N)ncnc32)CCC1=O. The number of hydrogen-bond acceptors (Lipinski definition) is 6. The number of piperidine rings is 1. The van der Waals surface area contributed by atoms with Gasteiger partial charge in [0.2, 0.25) is 11.8 Å². The number of hydrogen-bond donors (Lipinski definition) is 2. The number of amides is 2. The molecule has 3 heterocycles. The molecule has 0 aromatic carbocycles. The van der Waals surface area contributed by atoms with E-state index in [1.165, 1.54) is 6.33 Å². The van der Waals surface area contributed by atoms with Crippen molar-refractivity contribution in [2.24, 2.45) is 5.41 Å². The van der Waals surface area contributed by atoms with E-state index in [1.54, 1.807) is 18.3 Å². The Hall–Kier alpha value is -2.71. The minimum atomic E-state index is -0.549. The lowest BCUT2D eigenvalue weighted by atomic mass is 9.81. The minimum Gasteiger partial charge on any atom is -0.382 e. The van der Waals surface area contributed by atoms with E-state index >= 15 is 0 Å². The molecule has 1 aliphatic rings. The number of nitrogens with two attached hydrogens (primary N) is 1. The van der Waals surface area contributed by atoms with Crippen molar-refractivity contribution in [1.82, 2.24) is 29.7 Å². The molecular formula is C15H21N7O2. The quantitative estimate of drug-likeness (QED) is 0.799. The van der Waals surface area contributed by atoms with Gasteiger partial charge < -0.3 is 20.5 Å². The highest BCUT2D eigenvalue weighted by Gasteiger charge is 2.39. The second-order valence-electron chi connectivity index (χ2n) is 6.44. The van der Waals surface area contributed by atoms with Crippen molar-refractivity contribution >= 4 is 28.8 Å². The molecule has 0 radical (unpaired) electrons. The summed E-state index contributed by atoms with van der Waals surface area (Å²) in [6.45, 7) is 3.31. The van der Waals surface area contributed by atoms with E-state index in [4.69, 9.17) is 5.73 Å². The van der Waals surface area contributed by atoms with Gasteiger partial charge in [-0.05, 0) is 13.3 Å².